The standard InChI is InChI=1S/C15H16N8O4S2/c1-22(25)14(24)17-16-10-5-7-11(8-6-10)19-29(26,27)13-4-2-3-12(9-13)23-15(28)18-20-21-23/h2-9,16,19,25H,1H3,(H,17,24)(H,18,21,28). The SMILES string of the molecule is CN(O)C(=O)NNc1ccc(NS(=O)(=O)c2cccc(-n3[nH]nnc3=S)c2)cc1. The summed E-state index contributed by atoms with van der Waals surface area (Å²) < 4.78 is 29.4. The Morgan fingerprint density at radius 2 is 1.90 bits per heavy atom. The number of carbonyl (C=O) groups is 1. The second-order valence-corrected chi connectivity index (χ2v) is 7.72. The number of nitrogens with zero attached hydrogens (tertiary/aromatic N) is 4. The van der Waals surface area contributed by atoms with E-state index < -0.39 is 16.1 Å². The van der Waals surface area contributed by atoms with Crippen molar-refractivity contribution >= 4 is 39.6 Å². The summed E-state index contributed by atoms with van der Waals surface area (Å²) in [5.74, 6) is 0. The fraction of sp³-hybridized carbons (Fsp3) is 0.0667. The van der Waals surface area contributed by atoms with E-state index >= 15 is 0 Å². The molecule has 0 fully saturated rings. The molecule has 1 aromatic heterocycles. The van der Waals surface area contributed by atoms with Gasteiger partial charge in [-0.2, -0.15) is 5.21 Å². The molecule has 2 aromatic carbocycles. The largest absolute Gasteiger partial charge is 0.359 e. The summed E-state index contributed by atoms with van der Waals surface area (Å²) in [6, 6.07) is 11.4. The molecule has 29 heavy (non-hydrogen) atoms. The maximum absolute atomic E-state index is 12.7. The Morgan fingerprint density at radius 1 is 1.21 bits per heavy atom. The van der Waals surface area contributed by atoms with Gasteiger partial charge in [-0.05, 0) is 54.7 Å². The summed E-state index contributed by atoms with van der Waals surface area (Å²) in [5.41, 5.74) is 6.06. The van der Waals surface area contributed by atoms with Crippen molar-refractivity contribution in [1.82, 2.24) is 30.7 Å². The van der Waals surface area contributed by atoms with Crippen LogP contribution in [0.1, 0.15) is 0 Å². The summed E-state index contributed by atoms with van der Waals surface area (Å²) >= 11 is 5.02. The lowest BCUT2D eigenvalue weighted by Crippen LogP contribution is -2.38. The number of hydroxylamine groups is 2. The number of H-pyrrole nitrogens is 1. The molecule has 14 heteroatoms. The van der Waals surface area contributed by atoms with Crippen molar-refractivity contribution in [2.45, 2.75) is 4.90 Å². The summed E-state index contributed by atoms with van der Waals surface area (Å²) in [6.07, 6.45) is 0. The van der Waals surface area contributed by atoms with Crippen LogP contribution in [0.4, 0.5) is 16.2 Å². The summed E-state index contributed by atoms with van der Waals surface area (Å²) in [5, 5.41) is 19.1. The van der Waals surface area contributed by atoms with Crippen LogP contribution in [0.2, 0.25) is 0 Å². The second-order valence-electron chi connectivity index (χ2n) is 5.68. The van der Waals surface area contributed by atoms with Gasteiger partial charge in [-0.25, -0.2) is 28.4 Å². The van der Waals surface area contributed by atoms with Crippen LogP contribution in [0.15, 0.2) is 53.4 Å². The number of carbonyl (C=O) groups excluding carboxylic acids is 1. The monoisotopic (exact) mass is 436 g/mol. The number of tetrazole rings is 1. The van der Waals surface area contributed by atoms with Crippen LogP contribution in [0, 0.1) is 4.77 Å². The zero-order chi connectivity index (χ0) is 21.0. The third kappa shape index (κ3) is 4.87. The first-order valence-corrected chi connectivity index (χ1v) is 9.87. The number of hydrogen-bond acceptors (Lipinski definition) is 8. The number of nitrogens with one attached hydrogen (secondary N) is 4. The molecule has 5 N–H and O–H groups in total. The molecule has 2 amide bonds. The van der Waals surface area contributed by atoms with Gasteiger partial charge in [0.05, 0.1) is 16.3 Å². The minimum Gasteiger partial charge on any atom is -0.297 e. The molecule has 0 unspecified atom stereocenters. The number of benzene rings is 2. The highest BCUT2D eigenvalue weighted by molar-refractivity contribution is 7.92. The number of aromatic amines is 1. The summed E-state index contributed by atoms with van der Waals surface area (Å²) in [4.78, 5) is 11.3. The lowest BCUT2D eigenvalue weighted by Gasteiger charge is -2.13. The topological polar surface area (TPSA) is 157 Å². The van der Waals surface area contributed by atoms with E-state index in [1.54, 1.807) is 24.3 Å². The third-order valence-electron chi connectivity index (χ3n) is 3.60. The van der Waals surface area contributed by atoms with E-state index in [0.29, 0.717) is 22.1 Å². The molecule has 0 spiro atoms. The quantitative estimate of drug-likeness (QED) is 0.221. The Kier molecular flexibility index (Phi) is 5.76. The molecule has 0 radical (unpaired) electrons. The van der Waals surface area contributed by atoms with Gasteiger partial charge in [-0.3, -0.25) is 15.4 Å². The highest BCUT2D eigenvalue weighted by Crippen LogP contribution is 2.20. The van der Waals surface area contributed by atoms with Crippen LogP contribution in [0.25, 0.3) is 5.69 Å². The van der Waals surface area contributed by atoms with Crippen molar-refractivity contribution < 1.29 is 18.4 Å². The van der Waals surface area contributed by atoms with Crippen molar-refractivity contribution in [1.29, 1.82) is 0 Å². The van der Waals surface area contributed by atoms with Crippen molar-refractivity contribution in [2.24, 2.45) is 0 Å². The average molecular weight is 436 g/mol. The van der Waals surface area contributed by atoms with Gasteiger partial charge < -0.3 is 0 Å². The van der Waals surface area contributed by atoms with E-state index in [2.05, 4.69) is 31.1 Å². The first-order chi connectivity index (χ1) is 13.8. The first kappa shape index (κ1) is 20.2. The van der Waals surface area contributed by atoms with E-state index in [1.165, 1.54) is 36.0 Å². The molecule has 3 rings (SSSR count). The highest BCUT2D eigenvalue weighted by Gasteiger charge is 2.15. The first-order valence-electron chi connectivity index (χ1n) is 7.98. The van der Waals surface area contributed by atoms with Gasteiger partial charge in [-0.15, -0.1) is 0 Å². The molecule has 152 valence electrons. The second kappa shape index (κ2) is 8.26. The van der Waals surface area contributed by atoms with E-state index in [1.807, 2.05) is 0 Å². The Hall–Kier alpha value is -3.49. The minimum atomic E-state index is -3.87. The number of hydrogen-bond donors (Lipinski definition) is 5. The zero-order valence-electron chi connectivity index (χ0n) is 14.9. The summed E-state index contributed by atoms with van der Waals surface area (Å²) in [6.45, 7) is 0. The Labute approximate surface area is 170 Å². The van der Waals surface area contributed by atoms with Crippen LogP contribution in [-0.2, 0) is 10.0 Å². The number of aromatic nitrogens is 4. The molecule has 1 heterocycles. The predicted octanol–water partition coefficient (Wildman–Crippen LogP) is 1.48. The molecular weight excluding hydrogens is 420 g/mol. The van der Waals surface area contributed by atoms with E-state index in [-0.39, 0.29) is 9.67 Å². The smallest absolute Gasteiger partial charge is 0.297 e. The van der Waals surface area contributed by atoms with Crippen molar-refractivity contribution in [3.63, 3.8) is 0 Å². The van der Waals surface area contributed by atoms with Gasteiger partial charge >= 0.3 is 6.03 Å². The molecule has 0 atom stereocenters. The summed E-state index contributed by atoms with van der Waals surface area (Å²) in [7, 11) is -2.70. The molecule has 0 aliphatic carbocycles. The Balaban J connectivity index is 1.74. The van der Waals surface area contributed by atoms with Crippen molar-refractivity contribution in [2.75, 3.05) is 17.2 Å². The molecule has 0 aliphatic heterocycles. The minimum absolute atomic E-state index is 0.0203. The zero-order valence-corrected chi connectivity index (χ0v) is 16.5. The normalized spacial score (nSPS) is 11.0. The van der Waals surface area contributed by atoms with Crippen molar-refractivity contribution in [3.05, 3.63) is 53.3 Å². The highest BCUT2D eigenvalue weighted by atomic mass is 32.2. The fourth-order valence-corrected chi connectivity index (χ4v) is 3.48. The molecule has 0 bridgehead atoms. The number of urea groups is 1. The fourth-order valence-electron chi connectivity index (χ4n) is 2.20. The predicted molar refractivity (Wildman–Crippen MR) is 105 cm³/mol. The average Bonchev–Trinajstić information content (AvgIpc) is 3.13. The number of anilines is 2. The molecule has 12 nitrogen and oxygen atoms in total. The molecule has 0 aliphatic rings. The maximum atomic E-state index is 12.7. The van der Waals surface area contributed by atoms with Gasteiger partial charge in [0.2, 0.25) is 4.77 Å². The molecular formula is C15H16N8O4S2. The van der Waals surface area contributed by atoms with Crippen LogP contribution in [0.3, 0.4) is 0 Å². The Morgan fingerprint density at radius 3 is 2.52 bits per heavy atom. The van der Waals surface area contributed by atoms with Gasteiger partial charge in [0, 0.05) is 12.7 Å². The van der Waals surface area contributed by atoms with E-state index in [4.69, 9.17) is 17.4 Å². The lowest BCUT2D eigenvalue weighted by atomic mass is 10.3. The number of hydrazine groups is 1. The van der Waals surface area contributed by atoms with Crippen LogP contribution in [-0.4, -0.2) is 52.0 Å². The number of amides is 2. The molecule has 0 saturated heterocycles. The van der Waals surface area contributed by atoms with Crippen molar-refractivity contribution in [3.8, 4) is 5.69 Å². The molecule has 3 aromatic rings. The number of sulfonamides is 1. The van der Waals surface area contributed by atoms with Gasteiger partial charge in [0.15, 0.2) is 0 Å². The Bertz CT molecular complexity index is 1170. The number of rotatable bonds is 6. The molecule has 0 saturated carbocycles. The van der Waals surface area contributed by atoms with E-state index in [0.717, 1.165) is 0 Å². The van der Waals surface area contributed by atoms with Gasteiger partial charge in [-0.1, -0.05) is 16.4 Å². The van der Waals surface area contributed by atoms with E-state index in [9.17, 15) is 13.2 Å². The van der Waals surface area contributed by atoms with Gasteiger partial charge in [0.25, 0.3) is 10.0 Å². The van der Waals surface area contributed by atoms with Crippen LogP contribution in [0.5, 0.6) is 0 Å². The van der Waals surface area contributed by atoms with Gasteiger partial charge in [0.1, 0.15) is 0 Å². The maximum Gasteiger partial charge on any atom is 0.359 e. The lowest BCUT2D eigenvalue weighted by molar-refractivity contribution is -0.0174. The third-order valence-corrected chi connectivity index (χ3v) is 5.25. The van der Waals surface area contributed by atoms with Crippen LogP contribution < -0.4 is 15.6 Å². The van der Waals surface area contributed by atoms with Crippen LogP contribution >= 0.6 is 12.2 Å².